The van der Waals surface area contributed by atoms with Crippen LogP contribution >= 0.6 is 15.9 Å². The van der Waals surface area contributed by atoms with Crippen LogP contribution in [0.1, 0.15) is 31.7 Å². The number of guanidine groups is 1. The van der Waals surface area contributed by atoms with Crippen molar-refractivity contribution < 1.29 is 4.79 Å². The smallest absolute Gasteiger partial charge is 0.243 e. The van der Waals surface area contributed by atoms with E-state index in [2.05, 4.69) is 43.8 Å². The van der Waals surface area contributed by atoms with Crippen molar-refractivity contribution in [2.24, 2.45) is 4.99 Å². The van der Waals surface area contributed by atoms with Gasteiger partial charge in [0.05, 0.1) is 6.54 Å². The number of hydrogen-bond donors (Lipinski definition) is 3. The van der Waals surface area contributed by atoms with Crippen LogP contribution in [0.15, 0.2) is 27.7 Å². The molecule has 0 fully saturated rings. The number of aryl methyl sites for hydroxylation is 1. The Hall–Kier alpha value is -1.56. The minimum absolute atomic E-state index is 0.0993. The number of nitrogens with one attached hydrogen (secondary N) is 3. The summed E-state index contributed by atoms with van der Waals surface area (Å²) >= 11 is 3.40. The highest BCUT2D eigenvalue weighted by atomic mass is 79.9. The molecule has 122 valence electrons. The van der Waals surface area contributed by atoms with Crippen LogP contribution in [0.4, 0.5) is 5.69 Å². The normalized spacial score (nSPS) is 11.2. The van der Waals surface area contributed by atoms with E-state index in [1.54, 1.807) is 7.05 Å². The summed E-state index contributed by atoms with van der Waals surface area (Å²) in [5.41, 5.74) is 1.84. The van der Waals surface area contributed by atoms with Crippen molar-refractivity contribution in [2.45, 2.75) is 33.1 Å². The summed E-state index contributed by atoms with van der Waals surface area (Å²) in [6.07, 6.45) is 3.47. The van der Waals surface area contributed by atoms with E-state index in [1.165, 1.54) is 12.8 Å². The Balaban J connectivity index is 2.39. The molecule has 1 rings (SSSR count). The van der Waals surface area contributed by atoms with Gasteiger partial charge in [0.1, 0.15) is 0 Å². The SMILES string of the molecule is CCCCCNC(=NC)NCC(=O)Nc1cc(Br)ccc1C. The summed E-state index contributed by atoms with van der Waals surface area (Å²) in [7, 11) is 1.70. The van der Waals surface area contributed by atoms with Gasteiger partial charge in [-0.3, -0.25) is 9.79 Å². The molecule has 0 saturated heterocycles. The third kappa shape index (κ3) is 6.93. The molecule has 0 bridgehead atoms. The first-order chi connectivity index (χ1) is 10.6. The van der Waals surface area contributed by atoms with Gasteiger partial charge >= 0.3 is 0 Å². The lowest BCUT2D eigenvalue weighted by Gasteiger charge is -2.13. The van der Waals surface area contributed by atoms with Gasteiger partial charge in [-0.2, -0.15) is 0 Å². The Kier molecular flexibility index (Phi) is 8.58. The van der Waals surface area contributed by atoms with Crippen molar-refractivity contribution in [1.29, 1.82) is 0 Å². The molecule has 0 unspecified atom stereocenters. The van der Waals surface area contributed by atoms with Crippen LogP contribution < -0.4 is 16.0 Å². The Bertz CT molecular complexity index is 517. The van der Waals surface area contributed by atoms with Gasteiger partial charge in [0.15, 0.2) is 5.96 Å². The van der Waals surface area contributed by atoms with Gasteiger partial charge in [0, 0.05) is 23.8 Å². The fourth-order valence-electron chi connectivity index (χ4n) is 1.89. The second-order valence-corrected chi connectivity index (χ2v) is 5.98. The number of amides is 1. The number of anilines is 1. The monoisotopic (exact) mass is 368 g/mol. The highest BCUT2D eigenvalue weighted by Gasteiger charge is 2.06. The average molecular weight is 369 g/mol. The summed E-state index contributed by atoms with van der Waals surface area (Å²) in [4.78, 5) is 16.1. The number of aliphatic imine (C=N–C) groups is 1. The lowest BCUT2D eigenvalue weighted by Crippen LogP contribution is -2.41. The molecule has 6 heteroatoms. The Morgan fingerprint density at radius 1 is 1.27 bits per heavy atom. The van der Waals surface area contributed by atoms with E-state index >= 15 is 0 Å². The van der Waals surface area contributed by atoms with E-state index in [4.69, 9.17) is 0 Å². The number of hydrogen-bond acceptors (Lipinski definition) is 2. The molecule has 5 nitrogen and oxygen atoms in total. The molecule has 0 aromatic heterocycles. The zero-order valence-electron chi connectivity index (χ0n) is 13.5. The Morgan fingerprint density at radius 2 is 2.05 bits per heavy atom. The van der Waals surface area contributed by atoms with Crippen LogP contribution in [0.2, 0.25) is 0 Å². The second kappa shape index (κ2) is 10.2. The van der Waals surface area contributed by atoms with Crippen LogP contribution in [-0.4, -0.2) is 32.0 Å². The molecular formula is C16H25BrN4O. The van der Waals surface area contributed by atoms with E-state index in [0.29, 0.717) is 5.96 Å². The zero-order valence-corrected chi connectivity index (χ0v) is 15.1. The minimum Gasteiger partial charge on any atom is -0.356 e. The number of nitrogens with zero attached hydrogens (tertiary/aromatic N) is 1. The third-order valence-corrected chi connectivity index (χ3v) is 3.68. The first-order valence-corrected chi connectivity index (χ1v) is 8.36. The summed E-state index contributed by atoms with van der Waals surface area (Å²) in [5, 5.41) is 9.10. The molecule has 1 amide bonds. The van der Waals surface area contributed by atoms with Crippen molar-refractivity contribution in [3.63, 3.8) is 0 Å². The van der Waals surface area contributed by atoms with Crippen LogP contribution in [0.5, 0.6) is 0 Å². The summed E-state index contributed by atoms with van der Waals surface area (Å²) < 4.78 is 0.940. The van der Waals surface area contributed by atoms with Gasteiger partial charge in [0.25, 0.3) is 0 Å². The number of carbonyl (C=O) groups is 1. The highest BCUT2D eigenvalue weighted by Crippen LogP contribution is 2.20. The molecule has 22 heavy (non-hydrogen) atoms. The van der Waals surface area contributed by atoms with Crippen molar-refractivity contribution in [3.8, 4) is 0 Å². The maximum absolute atomic E-state index is 12.0. The second-order valence-electron chi connectivity index (χ2n) is 5.07. The standard InChI is InChI=1S/C16H25BrN4O/c1-4-5-6-9-19-16(18-3)20-11-15(22)21-14-10-13(17)8-7-12(14)2/h7-8,10H,4-6,9,11H2,1-3H3,(H,21,22)(H2,18,19,20). The molecular weight excluding hydrogens is 344 g/mol. The van der Waals surface area contributed by atoms with Gasteiger partial charge in [-0.15, -0.1) is 0 Å². The molecule has 0 saturated carbocycles. The Labute approximate surface area is 141 Å². The molecule has 0 heterocycles. The predicted molar refractivity (Wildman–Crippen MR) is 96.4 cm³/mol. The maximum atomic E-state index is 12.0. The Morgan fingerprint density at radius 3 is 2.73 bits per heavy atom. The van der Waals surface area contributed by atoms with Gasteiger partial charge < -0.3 is 16.0 Å². The number of carbonyl (C=O) groups excluding carboxylic acids is 1. The van der Waals surface area contributed by atoms with E-state index in [-0.39, 0.29) is 12.5 Å². The van der Waals surface area contributed by atoms with Crippen molar-refractivity contribution in [2.75, 3.05) is 25.5 Å². The maximum Gasteiger partial charge on any atom is 0.243 e. The van der Waals surface area contributed by atoms with Gasteiger partial charge in [-0.05, 0) is 31.0 Å². The number of rotatable bonds is 7. The molecule has 0 radical (unpaired) electrons. The largest absolute Gasteiger partial charge is 0.356 e. The lowest BCUT2D eigenvalue weighted by molar-refractivity contribution is -0.115. The summed E-state index contributed by atoms with van der Waals surface area (Å²) in [6.45, 7) is 5.17. The summed E-state index contributed by atoms with van der Waals surface area (Å²) in [6, 6.07) is 5.80. The fraction of sp³-hybridized carbons (Fsp3) is 0.500. The molecule has 0 aliphatic heterocycles. The van der Waals surface area contributed by atoms with Crippen LogP contribution in [-0.2, 0) is 4.79 Å². The van der Waals surface area contributed by atoms with E-state index in [1.807, 2.05) is 25.1 Å². The number of benzene rings is 1. The first-order valence-electron chi connectivity index (χ1n) is 7.57. The molecule has 0 atom stereocenters. The zero-order chi connectivity index (χ0) is 16.4. The van der Waals surface area contributed by atoms with Crippen molar-refractivity contribution >= 4 is 33.5 Å². The average Bonchev–Trinajstić information content (AvgIpc) is 2.50. The van der Waals surface area contributed by atoms with Crippen LogP contribution in [0.25, 0.3) is 0 Å². The number of unbranched alkanes of at least 4 members (excludes halogenated alkanes) is 2. The topological polar surface area (TPSA) is 65.5 Å². The molecule has 1 aromatic rings. The van der Waals surface area contributed by atoms with Gasteiger partial charge in [0.2, 0.25) is 5.91 Å². The first kappa shape index (κ1) is 18.5. The van der Waals surface area contributed by atoms with Gasteiger partial charge in [-0.1, -0.05) is 41.8 Å². The summed E-state index contributed by atoms with van der Waals surface area (Å²) in [5.74, 6) is 0.551. The quantitative estimate of drug-likeness (QED) is 0.393. The lowest BCUT2D eigenvalue weighted by atomic mass is 10.2. The van der Waals surface area contributed by atoms with Crippen molar-refractivity contribution in [1.82, 2.24) is 10.6 Å². The molecule has 3 N–H and O–H groups in total. The third-order valence-electron chi connectivity index (χ3n) is 3.19. The predicted octanol–water partition coefficient (Wildman–Crippen LogP) is 3.05. The van der Waals surface area contributed by atoms with Gasteiger partial charge in [-0.25, -0.2) is 0 Å². The van der Waals surface area contributed by atoms with E-state index in [0.717, 1.165) is 28.7 Å². The molecule has 0 spiro atoms. The molecule has 1 aromatic carbocycles. The van der Waals surface area contributed by atoms with Crippen molar-refractivity contribution in [3.05, 3.63) is 28.2 Å². The van der Waals surface area contributed by atoms with Crippen LogP contribution in [0.3, 0.4) is 0 Å². The molecule has 0 aliphatic carbocycles. The fourth-order valence-corrected chi connectivity index (χ4v) is 2.25. The number of halogens is 1. The van der Waals surface area contributed by atoms with E-state index < -0.39 is 0 Å². The minimum atomic E-state index is -0.0993. The highest BCUT2D eigenvalue weighted by molar-refractivity contribution is 9.10. The van der Waals surface area contributed by atoms with Crippen LogP contribution in [0, 0.1) is 6.92 Å². The molecule has 0 aliphatic rings. The van der Waals surface area contributed by atoms with E-state index in [9.17, 15) is 4.79 Å².